The van der Waals surface area contributed by atoms with Gasteiger partial charge in [-0.05, 0) is 60.7 Å². The lowest BCUT2D eigenvalue weighted by molar-refractivity contribution is 0.146. The molecule has 0 fully saturated rings. The van der Waals surface area contributed by atoms with Crippen molar-refractivity contribution in [3.63, 3.8) is 0 Å². The van der Waals surface area contributed by atoms with Crippen LogP contribution in [-0.2, 0) is 9.47 Å². The van der Waals surface area contributed by atoms with Crippen LogP contribution in [0.3, 0.4) is 0 Å². The fraction of sp³-hybridized carbons (Fsp3) is 0.240. The minimum absolute atomic E-state index is 0.299. The molecule has 0 aliphatic rings. The first-order valence-corrected chi connectivity index (χ1v) is 12.0. The number of pyridine rings is 1. The smallest absolute Gasteiger partial charge is 0.138 e. The molecule has 0 atom stereocenters. The average molecular weight is 596 g/mol. The molecule has 0 saturated heterocycles. The fourth-order valence-electron chi connectivity index (χ4n) is 2.46. The number of rotatable bonds is 8. The number of nitrogens with one attached hydrogen (secondary N) is 1. The summed E-state index contributed by atoms with van der Waals surface area (Å²) in [6.07, 6.45) is 3.56. The van der Waals surface area contributed by atoms with Crippen LogP contribution in [0.5, 0.6) is 17.2 Å². The van der Waals surface area contributed by atoms with Crippen molar-refractivity contribution in [2.24, 2.45) is 0 Å². The molecule has 0 aliphatic heterocycles. The normalized spacial score (nSPS) is 10.0. The van der Waals surface area contributed by atoms with Crippen LogP contribution in [0.4, 0.5) is 0 Å². The topological polar surface area (TPSA) is 85.8 Å². The van der Waals surface area contributed by atoms with Crippen molar-refractivity contribution >= 4 is 42.9 Å². The van der Waals surface area contributed by atoms with Crippen LogP contribution in [0, 0.1) is 0 Å². The molecule has 7 nitrogen and oxygen atoms in total. The predicted octanol–water partition coefficient (Wildman–Crippen LogP) is 6.22. The van der Waals surface area contributed by atoms with Gasteiger partial charge in [0, 0.05) is 34.7 Å². The highest BCUT2D eigenvalue weighted by Gasteiger charge is 1.98. The molecule has 2 aromatic heterocycles. The second-order valence-corrected chi connectivity index (χ2v) is 8.53. The zero-order valence-electron chi connectivity index (χ0n) is 19.0. The van der Waals surface area contributed by atoms with Gasteiger partial charge < -0.3 is 29.0 Å². The summed E-state index contributed by atoms with van der Waals surface area (Å²) in [6, 6.07) is 18.5. The van der Waals surface area contributed by atoms with Gasteiger partial charge in [0.2, 0.25) is 0 Å². The first-order chi connectivity index (χ1) is 16.5. The number of H-pyrrole nitrogens is 1. The standard InChI is InChI=1S/C10H12N2O2.C9H11BrO2.C6H5BrO/c1-13-4-5-14-9-6-8-2-3-11-10(8)12-7-9;1-11-6-7-12-9-4-2-8(10)3-5-9;7-5-1-3-6(8)4-2-5/h2-3,6-7H,4-5H2,1H3,(H,11,12);2-5H,6-7H2,1H3;1-4,8H. The van der Waals surface area contributed by atoms with Gasteiger partial charge in [0.1, 0.15) is 36.1 Å². The molecular weight excluding hydrogens is 568 g/mol. The number of ether oxygens (including phenoxy) is 4. The van der Waals surface area contributed by atoms with Crippen molar-refractivity contribution in [1.82, 2.24) is 9.97 Å². The molecule has 0 radical (unpaired) electrons. The number of hydrogen-bond acceptors (Lipinski definition) is 6. The number of halogens is 2. The summed E-state index contributed by atoms with van der Waals surface area (Å²) in [6.45, 7) is 2.35. The second-order valence-electron chi connectivity index (χ2n) is 6.70. The van der Waals surface area contributed by atoms with Crippen LogP contribution >= 0.6 is 31.9 Å². The highest BCUT2D eigenvalue weighted by atomic mass is 79.9. The zero-order chi connectivity index (χ0) is 24.6. The molecular formula is C25H28Br2N2O5. The summed E-state index contributed by atoms with van der Waals surface area (Å²) in [4.78, 5) is 7.22. The molecule has 0 saturated carbocycles. The molecule has 2 heterocycles. The summed E-state index contributed by atoms with van der Waals surface area (Å²) < 4.78 is 22.6. The van der Waals surface area contributed by atoms with E-state index in [4.69, 9.17) is 24.1 Å². The SMILES string of the molecule is COCCOc1ccc(Br)cc1.COCCOc1cnc2[nH]ccc2c1.Oc1ccc(Br)cc1. The van der Waals surface area contributed by atoms with Crippen LogP contribution in [0.25, 0.3) is 11.0 Å². The molecule has 0 aliphatic carbocycles. The lowest BCUT2D eigenvalue weighted by Crippen LogP contribution is -2.04. The van der Waals surface area contributed by atoms with Crippen LogP contribution in [0.15, 0.2) is 82.0 Å². The molecule has 182 valence electrons. The van der Waals surface area contributed by atoms with Gasteiger partial charge in [-0.15, -0.1) is 0 Å². The Labute approximate surface area is 216 Å². The highest BCUT2D eigenvalue weighted by Crippen LogP contribution is 2.17. The van der Waals surface area contributed by atoms with Crippen molar-refractivity contribution in [3.8, 4) is 17.2 Å². The van der Waals surface area contributed by atoms with Crippen molar-refractivity contribution in [2.45, 2.75) is 0 Å². The van der Waals surface area contributed by atoms with E-state index in [9.17, 15) is 0 Å². The van der Waals surface area contributed by atoms with Gasteiger partial charge in [-0.2, -0.15) is 0 Å². The lowest BCUT2D eigenvalue weighted by atomic mass is 10.3. The zero-order valence-corrected chi connectivity index (χ0v) is 22.2. The quantitative estimate of drug-likeness (QED) is 0.235. The number of fused-ring (bicyclic) bond motifs is 1. The molecule has 2 aromatic carbocycles. The monoisotopic (exact) mass is 594 g/mol. The highest BCUT2D eigenvalue weighted by molar-refractivity contribution is 9.10. The predicted molar refractivity (Wildman–Crippen MR) is 141 cm³/mol. The number of benzene rings is 2. The number of methoxy groups -OCH3 is 2. The van der Waals surface area contributed by atoms with Gasteiger partial charge in [-0.1, -0.05) is 31.9 Å². The third-order valence-corrected chi connectivity index (χ3v) is 5.18. The van der Waals surface area contributed by atoms with Gasteiger partial charge in [0.25, 0.3) is 0 Å². The summed E-state index contributed by atoms with van der Waals surface area (Å²) >= 11 is 6.58. The van der Waals surface area contributed by atoms with Gasteiger partial charge in [0.15, 0.2) is 0 Å². The van der Waals surface area contributed by atoms with Crippen molar-refractivity contribution < 1.29 is 24.1 Å². The van der Waals surface area contributed by atoms with Gasteiger partial charge in [-0.3, -0.25) is 0 Å². The molecule has 9 heteroatoms. The third kappa shape index (κ3) is 11.0. The molecule has 0 spiro atoms. The summed E-state index contributed by atoms with van der Waals surface area (Å²) in [5, 5.41) is 9.79. The first kappa shape index (κ1) is 27.7. The maximum atomic E-state index is 8.74. The van der Waals surface area contributed by atoms with Crippen molar-refractivity contribution in [1.29, 1.82) is 0 Å². The van der Waals surface area contributed by atoms with E-state index in [-0.39, 0.29) is 0 Å². The second kappa shape index (κ2) is 16.1. The molecule has 4 rings (SSSR count). The minimum atomic E-state index is 0.299. The van der Waals surface area contributed by atoms with Crippen LogP contribution in [-0.4, -0.2) is 55.7 Å². The van der Waals surface area contributed by atoms with E-state index >= 15 is 0 Å². The number of aromatic amines is 1. The Kier molecular flexibility index (Phi) is 13.1. The fourth-order valence-corrected chi connectivity index (χ4v) is 2.98. The molecule has 34 heavy (non-hydrogen) atoms. The maximum absolute atomic E-state index is 8.74. The Bertz CT molecular complexity index is 1050. The van der Waals surface area contributed by atoms with E-state index < -0.39 is 0 Å². The van der Waals surface area contributed by atoms with Gasteiger partial charge in [0.05, 0.1) is 19.4 Å². The van der Waals surface area contributed by atoms with E-state index in [1.165, 1.54) is 0 Å². The number of phenolic OH excluding ortho intramolecular Hbond substituents is 1. The van der Waals surface area contributed by atoms with Crippen LogP contribution in [0.1, 0.15) is 0 Å². The summed E-state index contributed by atoms with van der Waals surface area (Å²) in [5.41, 5.74) is 0.879. The van der Waals surface area contributed by atoms with Gasteiger partial charge in [-0.25, -0.2) is 4.98 Å². The minimum Gasteiger partial charge on any atom is -0.508 e. The lowest BCUT2D eigenvalue weighted by Gasteiger charge is -2.04. The maximum Gasteiger partial charge on any atom is 0.138 e. The number of nitrogens with zero attached hydrogens (tertiary/aromatic N) is 1. The Morgan fingerprint density at radius 1 is 0.765 bits per heavy atom. The van der Waals surface area contributed by atoms with Crippen molar-refractivity contribution in [2.75, 3.05) is 40.6 Å². The molecule has 0 amide bonds. The van der Waals surface area contributed by atoms with E-state index in [1.54, 1.807) is 44.7 Å². The summed E-state index contributed by atoms with van der Waals surface area (Å²) in [5.74, 6) is 1.94. The molecule has 2 N–H and O–H groups in total. The van der Waals surface area contributed by atoms with E-state index in [1.807, 2.05) is 42.6 Å². The Morgan fingerprint density at radius 2 is 1.32 bits per heavy atom. The van der Waals surface area contributed by atoms with Crippen LogP contribution in [0.2, 0.25) is 0 Å². The first-order valence-electron chi connectivity index (χ1n) is 10.4. The molecule has 4 aromatic rings. The number of aromatic nitrogens is 2. The van der Waals surface area contributed by atoms with E-state index in [0.29, 0.717) is 32.2 Å². The largest absolute Gasteiger partial charge is 0.508 e. The Morgan fingerprint density at radius 3 is 1.88 bits per heavy atom. The number of phenols is 1. The van der Waals surface area contributed by atoms with Gasteiger partial charge >= 0.3 is 0 Å². The third-order valence-electron chi connectivity index (χ3n) is 4.13. The van der Waals surface area contributed by atoms with E-state index in [2.05, 4.69) is 41.8 Å². The van der Waals surface area contributed by atoms with Crippen LogP contribution < -0.4 is 9.47 Å². The molecule has 0 unspecified atom stereocenters. The Hall–Kier alpha value is -2.59. The number of aromatic hydroxyl groups is 1. The van der Waals surface area contributed by atoms with E-state index in [0.717, 1.165) is 31.5 Å². The van der Waals surface area contributed by atoms with Crippen molar-refractivity contribution in [3.05, 3.63) is 82.0 Å². The summed E-state index contributed by atoms with van der Waals surface area (Å²) in [7, 11) is 3.31. The Balaban J connectivity index is 0.000000187. The average Bonchev–Trinajstić information content (AvgIpc) is 3.32. The molecule has 0 bridgehead atoms. The number of hydrogen-bond donors (Lipinski definition) is 2.